The molecule has 3 aliphatic rings. The van der Waals surface area contributed by atoms with E-state index in [1.54, 1.807) is 29.3 Å². The lowest BCUT2D eigenvalue weighted by Crippen LogP contribution is -2.53. The van der Waals surface area contributed by atoms with Crippen molar-refractivity contribution in [3.8, 4) is 17.2 Å². The van der Waals surface area contributed by atoms with E-state index in [0.29, 0.717) is 29.4 Å². The van der Waals surface area contributed by atoms with Crippen LogP contribution < -0.4 is 14.2 Å². The zero-order valence-electron chi connectivity index (χ0n) is 16.1. The van der Waals surface area contributed by atoms with Crippen molar-refractivity contribution in [3.63, 3.8) is 0 Å². The minimum Gasteiger partial charge on any atom is -0.493 e. The molecule has 148 valence electrons. The van der Waals surface area contributed by atoms with Crippen LogP contribution in [0.15, 0.2) is 48.8 Å². The van der Waals surface area contributed by atoms with Gasteiger partial charge in [-0.25, -0.2) is 0 Å². The summed E-state index contributed by atoms with van der Waals surface area (Å²) in [7, 11) is 1.59. The third-order valence-electron chi connectivity index (χ3n) is 5.74. The minimum atomic E-state index is -0.239. The van der Waals surface area contributed by atoms with Gasteiger partial charge in [-0.1, -0.05) is 18.2 Å². The van der Waals surface area contributed by atoms with Crippen molar-refractivity contribution < 1.29 is 23.8 Å². The fraction of sp³-hybridized carbons (Fsp3) is 0.273. The second kappa shape index (κ2) is 6.55. The lowest BCUT2D eigenvalue weighted by atomic mass is 9.78. The summed E-state index contributed by atoms with van der Waals surface area (Å²) in [4.78, 5) is 28.5. The molecule has 3 aliphatic heterocycles. The predicted molar refractivity (Wildman–Crippen MR) is 104 cm³/mol. The maximum absolute atomic E-state index is 13.1. The molecule has 7 heteroatoms. The molecule has 0 N–H and O–H groups in total. The van der Waals surface area contributed by atoms with E-state index in [1.807, 2.05) is 36.4 Å². The second-order valence-electron chi connectivity index (χ2n) is 7.27. The van der Waals surface area contributed by atoms with Crippen molar-refractivity contribution >= 4 is 11.8 Å². The van der Waals surface area contributed by atoms with Crippen LogP contribution in [0.5, 0.6) is 17.2 Å². The van der Waals surface area contributed by atoms with E-state index in [2.05, 4.69) is 0 Å². The summed E-state index contributed by atoms with van der Waals surface area (Å²) in [5.41, 5.74) is 2.53. The Bertz CT molecular complexity index is 1050. The maximum Gasteiger partial charge on any atom is 0.258 e. The fourth-order valence-corrected chi connectivity index (χ4v) is 4.37. The zero-order valence-corrected chi connectivity index (χ0v) is 16.1. The molecule has 0 saturated heterocycles. The first-order valence-corrected chi connectivity index (χ1v) is 9.43. The van der Waals surface area contributed by atoms with Crippen LogP contribution in [0, 0.1) is 0 Å². The van der Waals surface area contributed by atoms with Crippen LogP contribution >= 0.6 is 0 Å². The Labute approximate surface area is 168 Å². The van der Waals surface area contributed by atoms with Crippen LogP contribution in [0.3, 0.4) is 0 Å². The summed E-state index contributed by atoms with van der Waals surface area (Å²) >= 11 is 0. The Hall–Kier alpha value is -3.48. The minimum absolute atomic E-state index is 0.0609. The first-order chi connectivity index (χ1) is 14.1. The molecule has 3 heterocycles. The molecule has 2 aromatic carbocycles. The fourth-order valence-electron chi connectivity index (χ4n) is 4.37. The second-order valence-corrected chi connectivity index (χ2v) is 7.27. The summed E-state index contributed by atoms with van der Waals surface area (Å²) in [5, 5.41) is 0. The van der Waals surface area contributed by atoms with Gasteiger partial charge < -0.3 is 24.0 Å². The van der Waals surface area contributed by atoms with Gasteiger partial charge in [0.1, 0.15) is 0 Å². The van der Waals surface area contributed by atoms with Crippen molar-refractivity contribution in [3.05, 3.63) is 65.5 Å². The van der Waals surface area contributed by atoms with Gasteiger partial charge >= 0.3 is 0 Å². The Morgan fingerprint density at radius 2 is 2.00 bits per heavy atom. The first-order valence-electron chi connectivity index (χ1n) is 9.43. The Morgan fingerprint density at radius 3 is 2.79 bits per heavy atom. The van der Waals surface area contributed by atoms with Crippen LogP contribution in [0.25, 0.3) is 0 Å². The molecule has 0 unspecified atom stereocenters. The van der Waals surface area contributed by atoms with E-state index in [4.69, 9.17) is 14.2 Å². The molecular weight excluding hydrogens is 372 g/mol. The van der Waals surface area contributed by atoms with E-state index >= 15 is 0 Å². The van der Waals surface area contributed by atoms with Crippen LogP contribution in [-0.2, 0) is 4.79 Å². The summed E-state index contributed by atoms with van der Waals surface area (Å²) in [5.74, 6) is 1.52. The normalized spacial score (nSPS) is 21.7. The largest absolute Gasteiger partial charge is 0.493 e. The lowest BCUT2D eigenvalue weighted by molar-refractivity contribution is -0.127. The van der Waals surface area contributed by atoms with Gasteiger partial charge in [0.2, 0.25) is 18.4 Å². The number of hydrogen-bond donors (Lipinski definition) is 0. The van der Waals surface area contributed by atoms with Crippen LogP contribution in [0.2, 0.25) is 0 Å². The van der Waals surface area contributed by atoms with E-state index < -0.39 is 0 Å². The number of rotatable bonds is 2. The standard InChI is InChI=1S/C22H20N2O5/c1-13(25)23-7-8-24-17(11-23)20(15-5-3-4-6-16(15)22(24)26)14-9-18(27-2)21-19(10-14)28-12-29-21/h3-10,17,20H,11-12H2,1-2H3/t17-,20+/m1/s1. The third-order valence-corrected chi connectivity index (χ3v) is 5.74. The van der Waals surface area contributed by atoms with Gasteiger partial charge in [-0.3, -0.25) is 9.59 Å². The van der Waals surface area contributed by atoms with E-state index in [-0.39, 0.29) is 30.6 Å². The van der Waals surface area contributed by atoms with Crippen LogP contribution in [0.4, 0.5) is 0 Å². The summed E-state index contributed by atoms with van der Waals surface area (Å²) < 4.78 is 16.7. The highest BCUT2D eigenvalue weighted by molar-refractivity contribution is 5.98. The SMILES string of the molecule is COc1cc([C@H]2c3ccccc3C(=O)N3C=CN(C(C)=O)C[C@H]23)cc2c1OCO2. The summed E-state index contributed by atoms with van der Waals surface area (Å²) in [6, 6.07) is 11.2. The molecular formula is C22H20N2O5. The zero-order chi connectivity index (χ0) is 20.1. The van der Waals surface area contributed by atoms with E-state index in [9.17, 15) is 9.59 Å². The number of fused-ring (bicyclic) bond motifs is 3. The van der Waals surface area contributed by atoms with Gasteiger partial charge in [0, 0.05) is 37.3 Å². The molecule has 0 saturated carbocycles. The molecule has 0 fully saturated rings. The topological polar surface area (TPSA) is 68.3 Å². The highest BCUT2D eigenvalue weighted by Crippen LogP contribution is 2.47. The first kappa shape index (κ1) is 17.6. The Kier molecular flexibility index (Phi) is 3.97. The van der Waals surface area contributed by atoms with Crippen molar-refractivity contribution in [2.24, 2.45) is 0 Å². The smallest absolute Gasteiger partial charge is 0.258 e. The molecule has 2 aromatic rings. The number of carbonyl (C=O) groups is 2. The van der Waals surface area contributed by atoms with Crippen LogP contribution in [0.1, 0.15) is 34.3 Å². The molecule has 0 aromatic heterocycles. The number of carbonyl (C=O) groups excluding carboxylic acids is 2. The number of hydrogen-bond acceptors (Lipinski definition) is 5. The van der Waals surface area contributed by atoms with Gasteiger partial charge in [-0.05, 0) is 29.3 Å². The Balaban J connectivity index is 1.69. The number of methoxy groups -OCH3 is 1. The number of ether oxygens (including phenoxy) is 3. The monoisotopic (exact) mass is 392 g/mol. The van der Waals surface area contributed by atoms with Gasteiger partial charge in [0.05, 0.1) is 13.2 Å². The van der Waals surface area contributed by atoms with Gasteiger partial charge in [-0.15, -0.1) is 0 Å². The van der Waals surface area contributed by atoms with Gasteiger partial charge in [0.15, 0.2) is 11.5 Å². The molecule has 5 rings (SSSR count). The number of amides is 2. The van der Waals surface area contributed by atoms with Gasteiger partial charge in [-0.2, -0.15) is 0 Å². The van der Waals surface area contributed by atoms with Crippen molar-refractivity contribution in [1.82, 2.24) is 9.80 Å². The van der Waals surface area contributed by atoms with Crippen molar-refractivity contribution in [1.29, 1.82) is 0 Å². The summed E-state index contributed by atoms with van der Waals surface area (Å²) in [6.45, 7) is 2.08. The molecule has 2 amide bonds. The molecule has 0 aliphatic carbocycles. The third kappa shape index (κ3) is 2.65. The van der Waals surface area contributed by atoms with Crippen molar-refractivity contribution in [2.75, 3.05) is 20.4 Å². The lowest BCUT2D eigenvalue weighted by Gasteiger charge is -2.44. The Morgan fingerprint density at radius 1 is 1.17 bits per heavy atom. The van der Waals surface area contributed by atoms with Crippen molar-refractivity contribution in [2.45, 2.75) is 18.9 Å². The van der Waals surface area contributed by atoms with Crippen LogP contribution in [-0.4, -0.2) is 48.1 Å². The molecule has 7 nitrogen and oxygen atoms in total. The average molecular weight is 392 g/mol. The predicted octanol–water partition coefficient (Wildman–Crippen LogP) is 2.71. The number of nitrogens with zero attached hydrogens (tertiary/aromatic N) is 2. The van der Waals surface area contributed by atoms with E-state index in [0.717, 1.165) is 11.1 Å². The highest BCUT2D eigenvalue weighted by Gasteiger charge is 2.43. The molecule has 0 radical (unpaired) electrons. The van der Waals surface area contributed by atoms with E-state index in [1.165, 1.54) is 6.92 Å². The quantitative estimate of drug-likeness (QED) is 0.786. The van der Waals surface area contributed by atoms with Gasteiger partial charge in [0.25, 0.3) is 5.91 Å². The maximum atomic E-state index is 13.1. The molecule has 29 heavy (non-hydrogen) atoms. The molecule has 2 atom stereocenters. The summed E-state index contributed by atoms with van der Waals surface area (Å²) in [6.07, 6.45) is 3.37. The molecule has 0 spiro atoms. The average Bonchev–Trinajstić information content (AvgIpc) is 3.22. The number of benzene rings is 2. The highest BCUT2D eigenvalue weighted by atomic mass is 16.7. The molecule has 0 bridgehead atoms.